The fourth-order valence-corrected chi connectivity index (χ4v) is 2.68. The van der Waals surface area contributed by atoms with E-state index < -0.39 is 17.4 Å². The second kappa shape index (κ2) is 5.54. The van der Waals surface area contributed by atoms with Crippen LogP contribution in [0.4, 0.5) is 4.39 Å². The number of esters is 1. The lowest BCUT2D eigenvalue weighted by atomic mass is 10.0. The zero-order chi connectivity index (χ0) is 15.7. The van der Waals surface area contributed by atoms with Crippen LogP contribution < -0.4 is 0 Å². The maximum absolute atomic E-state index is 14.9. The number of Topliss-reactive ketones (excluding diaryl/α,β-unsaturated/α-hetero) is 1. The summed E-state index contributed by atoms with van der Waals surface area (Å²) in [7, 11) is 0. The molecule has 0 spiro atoms. The largest absolute Gasteiger partial charge is 0.458 e. The van der Waals surface area contributed by atoms with Gasteiger partial charge in [-0.25, -0.2) is 9.18 Å². The molecule has 0 N–H and O–H groups in total. The lowest BCUT2D eigenvalue weighted by Gasteiger charge is -2.16. The molecule has 1 aliphatic rings. The van der Waals surface area contributed by atoms with E-state index in [1.807, 2.05) is 6.07 Å². The number of hydrogen-bond acceptors (Lipinski definition) is 3. The van der Waals surface area contributed by atoms with Crippen LogP contribution in [0.2, 0.25) is 5.02 Å². The second-order valence-corrected chi connectivity index (χ2v) is 5.61. The molecule has 0 amide bonds. The van der Waals surface area contributed by atoms with Gasteiger partial charge in [0.1, 0.15) is 6.61 Å². The van der Waals surface area contributed by atoms with Crippen molar-refractivity contribution < 1.29 is 18.7 Å². The van der Waals surface area contributed by atoms with E-state index in [-0.39, 0.29) is 18.6 Å². The number of carbonyl (C=O) groups is 2. The van der Waals surface area contributed by atoms with Gasteiger partial charge in [0.05, 0.1) is 0 Å². The first-order valence-corrected chi connectivity index (χ1v) is 7.12. The number of benzene rings is 2. The Kier molecular flexibility index (Phi) is 3.71. The van der Waals surface area contributed by atoms with Gasteiger partial charge in [0.2, 0.25) is 5.78 Å². The average Bonchev–Trinajstić information content (AvgIpc) is 2.77. The van der Waals surface area contributed by atoms with Crippen LogP contribution in [0.5, 0.6) is 0 Å². The number of alkyl halides is 1. The Balaban J connectivity index is 1.77. The van der Waals surface area contributed by atoms with Gasteiger partial charge in [-0.2, -0.15) is 0 Å². The summed E-state index contributed by atoms with van der Waals surface area (Å²) in [5.41, 5.74) is -1.33. The molecule has 112 valence electrons. The third-order valence-electron chi connectivity index (χ3n) is 3.64. The lowest BCUT2D eigenvalue weighted by Crippen LogP contribution is -2.41. The zero-order valence-electron chi connectivity index (χ0n) is 11.5. The van der Waals surface area contributed by atoms with Gasteiger partial charge in [0.25, 0.3) is 5.67 Å². The number of hydrogen-bond donors (Lipinski definition) is 0. The lowest BCUT2D eigenvalue weighted by molar-refractivity contribution is -0.155. The van der Waals surface area contributed by atoms with Gasteiger partial charge < -0.3 is 4.74 Å². The highest BCUT2D eigenvalue weighted by Gasteiger charge is 2.53. The molecule has 2 aromatic rings. The zero-order valence-corrected chi connectivity index (χ0v) is 12.3. The second-order valence-electron chi connectivity index (χ2n) is 5.17. The smallest absolute Gasteiger partial charge is 0.352 e. The van der Waals surface area contributed by atoms with E-state index in [4.69, 9.17) is 16.3 Å². The average molecular weight is 319 g/mol. The molecule has 1 atom stereocenters. The molecular weight excluding hydrogens is 307 g/mol. The molecule has 2 aromatic carbocycles. The summed E-state index contributed by atoms with van der Waals surface area (Å²) in [6.45, 7) is -0.0737. The van der Waals surface area contributed by atoms with E-state index in [1.165, 1.54) is 18.2 Å². The van der Waals surface area contributed by atoms with Gasteiger partial charge in [-0.1, -0.05) is 41.9 Å². The Bertz CT molecular complexity index is 745. The highest BCUT2D eigenvalue weighted by Crippen LogP contribution is 2.35. The van der Waals surface area contributed by atoms with Gasteiger partial charge in [-0.15, -0.1) is 0 Å². The maximum Gasteiger partial charge on any atom is 0.352 e. The number of carbonyl (C=O) groups excluding carboxylic acids is 2. The molecule has 5 heteroatoms. The van der Waals surface area contributed by atoms with Crippen molar-refractivity contribution in [2.75, 3.05) is 0 Å². The molecule has 1 unspecified atom stereocenters. The number of fused-ring (bicyclic) bond motifs is 1. The van der Waals surface area contributed by atoms with Gasteiger partial charge in [0.15, 0.2) is 0 Å². The van der Waals surface area contributed by atoms with E-state index in [0.29, 0.717) is 10.6 Å². The van der Waals surface area contributed by atoms with Crippen molar-refractivity contribution >= 4 is 23.4 Å². The van der Waals surface area contributed by atoms with Crippen LogP contribution in [0.1, 0.15) is 21.5 Å². The van der Waals surface area contributed by atoms with Crippen molar-refractivity contribution in [2.45, 2.75) is 18.7 Å². The summed E-state index contributed by atoms with van der Waals surface area (Å²) in [5, 5.41) is 0.397. The minimum Gasteiger partial charge on any atom is -0.458 e. The summed E-state index contributed by atoms with van der Waals surface area (Å²) >= 11 is 5.84. The highest BCUT2D eigenvalue weighted by atomic mass is 35.5. The number of ether oxygens (including phenoxy) is 1. The van der Waals surface area contributed by atoms with E-state index in [0.717, 1.165) is 5.56 Å². The number of ketones is 1. The van der Waals surface area contributed by atoms with Crippen molar-refractivity contribution in [3.63, 3.8) is 0 Å². The first kappa shape index (κ1) is 14.7. The van der Waals surface area contributed by atoms with Crippen molar-refractivity contribution in [3.8, 4) is 0 Å². The molecule has 0 bridgehead atoms. The first-order chi connectivity index (χ1) is 10.5. The molecular formula is C17H12ClFO3. The predicted octanol–water partition coefficient (Wildman–Crippen LogP) is 3.53. The molecule has 0 fully saturated rings. The van der Waals surface area contributed by atoms with E-state index in [1.54, 1.807) is 24.3 Å². The molecule has 1 aliphatic carbocycles. The molecule has 0 saturated carbocycles. The normalized spacial score (nSPS) is 19.8. The maximum atomic E-state index is 14.9. The summed E-state index contributed by atoms with van der Waals surface area (Å²) in [6, 6.07) is 13.3. The molecule has 0 aliphatic heterocycles. The minimum absolute atomic E-state index is 0.0737. The van der Waals surface area contributed by atoms with Gasteiger partial charge in [-0.3, -0.25) is 4.79 Å². The SMILES string of the molecule is O=C(OCc1ccccc1)C1(F)Cc2cc(Cl)ccc2C1=O. The number of halogens is 2. The van der Waals surface area contributed by atoms with E-state index >= 15 is 0 Å². The van der Waals surface area contributed by atoms with E-state index in [2.05, 4.69) is 0 Å². The Morgan fingerprint density at radius 2 is 1.95 bits per heavy atom. The molecule has 0 aromatic heterocycles. The summed E-state index contributed by atoms with van der Waals surface area (Å²) in [4.78, 5) is 24.2. The van der Waals surface area contributed by atoms with E-state index in [9.17, 15) is 14.0 Å². The fourth-order valence-electron chi connectivity index (χ4n) is 2.49. The highest BCUT2D eigenvalue weighted by molar-refractivity contribution is 6.31. The van der Waals surface area contributed by atoms with Gasteiger partial charge >= 0.3 is 5.97 Å². The Hall–Kier alpha value is -2.20. The summed E-state index contributed by atoms with van der Waals surface area (Å²) < 4.78 is 19.8. The number of rotatable bonds is 3. The van der Waals surface area contributed by atoms with Crippen molar-refractivity contribution in [1.29, 1.82) is 0 Å². The molecule has 0 radical (unpaired) electrons. The van der Waals surface area contributed by atoms with Crippen molar-refractivity contribution in [3.05, 3.63) is 70.2 Å². The van der Waals surface area contributed by atoms with Crippen LogP contribution in [0, 0.1) is 0 Å². The summed E-state index contributed by atoms with van der Waals surface area (Å²) in [6.07, 6.45) is -0.338. The van der Waals surface area contributed by atoms with Crippen LogP contribution in [0.25, 0.3) is 0 Å². The fraction of sp³-hybridized carbons (Fsp3) is 0.176. The van der Waals surface area contributed by atoms with Gasteiger partial charge in [-0.05, 0) is 29.3 Å². The van der Waals surface area contributed by atoms with Crippen LogP contribution in [-0.2, 0) is 22.6 Å². The first-order valence-electron chi connectivity index (χ1n) is 6.74. The topological polar surface area (TPSA) is 43.4 Å². The van der Waals surface area contributed by atoms with Crippen molar-refractivity contribution in [2.24, 2.45) is 0 Å². The van der Waals surface area contributed by atoms with Gasteiger partial charge in [0, 0.05) is 17.0 Å². The third-order valence-corrected chi connectivity index (χ3v) is 3.88. The van der Waals surface area contributed by atoms with Crippen LogP contribution in [0.15, 0.2) is 48.5 Å². The molecule has 3 rings (SSSR count). The Morgan fingerprint density at radius 3 is 2.68 bits per heavy atom. The Morgan fingerprint density at radius 1 is 1.23 bits per heavy atom. The monoisotopic (exact) mass is 318 g/mol. The predicted molar refractivity (Wildman–Crippen MR) is 79.6 cm³/mol. The standard InChI is InChI=1S/C17H12ClFO3/c18-13-6-7-14-12(8-13)9-17(19,15(14)20)16(21)22-10-11-4-2-1-3-5-11/h1-8H,9-10H2. The molecule has 0 heterocycles. The molecule has 3 nitrogen and oxygen atoms in total. The third kappa shape index (κ3) is 2.50. The Labute approximate surface area is 131 Å². The molecule has 0 saturated heterocycles. The summed E-state index contributed by atoms with van der Waals surface area (Å²) in [5.74, 6) is -2.02. The quantitative estimate of drug-likeness (QED) is 0.642. The van der Waals surface area contributed by atoms with Crippen LogP contribution in [-0.4, -0.2) is 17.4 Å². The van der Waals surface area contributed by atoms with Crippen LogP contribution in [0.3, 0.4) is 0 Å². The minimum atomic E-state index is -2.66. The van der Waals surface area contributed by atoms with Crippen LogP contribution >= 0.6 is 11.6 Å². The van der Waals surface area contributed by atoms with Crippen molar-refractivity contribution in [1.82, 2.24) is 0 Å². The molecule has 22 heavy (non-hydrogen) atoms.